The maximum absolute atomic E-state index is 13.2. The Labute approximate surface area is 231 Å². The van der Waals surface area contributed by atoms with Crippen LogP contribution in [0.2, 0.25) is 5.02 Å². The Morgan fingerprint density at radius 1 is 1.24 bits per heavy atom. The van der Waals surface area contributed by atoms with Crippen LogP contribution in [0.25, 0.3) is 10.6 Å². The molecule has 0 aliphatic carbocycles. The van der Waals surface area contributed by atoms with Crippen LogP contribution in [0.5, 0.6) is 11.6 Å². The van der Waals surface area contributed by atoms with E-state index in [1.807, 2.05) is 43.3 Å². The molecular formula is C28H29ClN6O2S. The van der Waals surface area contributed by atoms with Crippen LogP contribution in [0.3, 0.4) is 0 Å². The van der Waals surface area contributed by atoms with Gasteiger partial charge in [0.1, 0.15) is 10.6 Å². The lowest BCUT2D eigenvalue weighted by Crippen LogP contribution is -2.38. The first-order chi connectivity index (χ1) is 18.5. The molecule has 0 unspecified atom stereocenters. The predicted octanol–water partition coefficient (Wildman–Crippen LogP) is 5.79. The number of nitrogens with one attached hydrogen (secondary N) is 2. The van der Waals surface area contributed by atoms with Crippen molar-refractivity contribution in [1.82, 2.24) is 25.2 Å². The summed E-state index contributed by atoms with van der Waals surface area (Å²) in [5, 5.41) is 7.45. The zero-order valence-corrected chi connectivity index (χ0v) is 22.9. The van der Waals surface area contributed by atoms with Crippen molar-refractivity contribution in [2.75, 3.05) is 25.5 Å². The van der Waals surface area contributed by atoms with Gasteiger partial charge in [-0.25, -0.2) is 15.0 Å². The largest absolute Gasteiger partial charge is 0.437 e. The molecule has 0 saturated carbocycles. The van der Waals surface area contributed by atoms with Crippen LogP contribution in [0, 0.1) is 6.92 Å². The molecule has 2 aromatic heterocycles. The van der Waals surface area contributed by atoms with Crippen LogP contribution >= 0.6 is 22.9 Å². The van der Waals surface area contributed by atoms with E-state index in [1.165, 1.54) is 11.3 Å². The number of nitrogens with zero attached hydrogens (tertiary/aromatic N) is 4. The molecule has 1 saturated heterocycles. The minimum atomic E-state index is -0.128. The van der Waals surface area contributed by atoms with Crippen molar-refractivity contribution >= 4 is 34.8 Å². The minimum absolute atomic E-state index is 0.128. The molecule has 2 aromatic carbocycles. The van der Waals surface area contributed by atoms with E-state index < -0.39 is 0 Å². The fourth-order valence-corrected chi connectivity index (χ4v) is 5.19. The van der Waals surface area contributed by atoms with Gasteiger partial charge in [-0.15, -0.1) is 11.3 Å². The quantitative estimate of drug-likeness (QED) is 0.288. The zero-order chi connectivity index (χ0) is 26.5. The predicted molar refractivity (Wildman–Crippen MR) is 151 cm³/mol. The van der Waals surface area contributed by atoms with Crippen molar-refractivity contribution < 1.29 is 9.53 Å². The third kappa shape index (κ3) is 6.12. The molecule has 4 aromatic rings. The number of rotatable bonds is 8. The molecule has 1 aliphatic rings. The molecule has 0 bridgehead atoms. The van der Waals surface area contributed by atoms with Gasteiger partial charge < -0.3 is 20.3 Å². The first-order valence-corrected chi connectivity index (χ1v) is 13.7. The fourth-order valence-electron chi connectivity index (χ4n) is 4.31. The van der Waals surface area contributed by atoms with E-state index in [9.17, 15) is 4.79 Å². The molecular weight excluding hydrogens is 520 g/mol. The highest BCUT2D eigenvalue weighted by Gasteiger charge is 2.19. The summed E-state index contributed by atoms with van der Waals surface area (Å²) in [7, 11) is 1.76. The molecule has 196 valence electrons. The number of aromatic nitrogens is 3. The van der Waals surface area contributed by atoms with Crippen molar-refractivity contribution in [3.8, 4) is 22.2 Å². The second kappa shape index (κ2) is 11.9. The Kier molecular flexibility index (Phi) is 8.17. The van der Waals surface area contributed by atoms with Gasteiger partial charge in [0.25, 0.3) is 5.91 Å². The van der Waals surface area contributed by atoms with Gasteiger partial charge in [-0.05, 0) is 61.7 Å². The molecule has 10 heteroatoms. The van der Waals surface area contributed by atoms with Crippen molar-refractivity contribution in [2.45, 2.75) is 32.4 Å². The van der Waals surface area contributed by atoms with E-state index >= 15 is 0 Å². The van der Waals surface area contributed by atoms with Crippen LogP contribution in [0.1, 0.15) is 34.3 Å². The number of anilines is 1. The van der Waals surface area contributed by atoms with Crippen LogP contribution in [-0.4, -0.2) is 51.9 Å². The van der Waals surface area contributed by atoms with Crippen LogP contribution in [0.4, 0.5) is 5.95 Å². The average molecular weight is 549 g/mol. The Bertz CT molecular complexity index is 1420. The average Bonchev–Trinajstić information content (AvgIpc) is 3.40. The molecule has 2 N–H and O–H groups in total. The maximum atomic E-state index is 13.2. The summed E-state index contributed by atoms with van der Waals surface area (Å²) in [6.45, 7) is 4.28. The van der Waals surface area contributed by atoms with E-state index in [4.69, 9.17) is 21.3 Å². The molecule has 1 amide bonds. The maximum Gasteiger partial charge on any atom is 0.254 e. The van der Waals surface area contributed by atoms with Gasteiger partial charge in [0, 0.05) is 43.0 Å². The van der Waals surface area contributed by atoms with Gasteiger partial charge >= 0.3 is 0 Å². The highest BCUT2D eigenvalue weighted by Crippen LogP contribution is 2.36. The van der Waals surface area contributed by atoms with E-state index in [2.05, 4.69) is 20.6 Å². The third-order valence-corrected chi connectivity index (χ3v) is 7.61. The molecule has 3 heterocycles. The fraction of sp³-hybridized carbons (Fsp3) is 0.286. The van der Waals surface area contributed by atoms with Crippen LogP contribution < -0.4 is 15.4 Å². The van der Waals surface area contributed by atoms with E-state index in [1.54, 1.807) is 35.8 Å². The van der Waals surface area contributed by atoms with E-state index in [0.29, 0.717) is 40.8 Å². The summed E-state index contributed by atoms with van der Waals surface area (Å²) in [4.78, 5) is 29.2. The Balaban J connectivity index is 1.33. The second-order valence-electron chi connectivity index (χ2n) is 9.27. The molecule has 0 spiro atoms. The summed E-state index contributed by atoms with van der Waals surface area (Å²) in [6.07, 6.45) is 3.95. The van der Waals surface area contributed by atoms with Gasteiger partial charge in [0.15, 0.2) is 0 Å². The second-order valence-corrected chi connectivity index (χ2v) is 10.5. The molecule has 8 nitrogen and oxygen atoms in total. The summed E-state index contributed by atoms with van der Waals surface area (Å²) in [5.74, 6) is 1.46. The first kappa shape index (κ1) is 26.1. The molecule has 1 fully saturated rings. The number of hydrogen-bond donors (Lipinski definition) is 2. The number of piperidine rings is 1. The number of aryl methyl sites for hydroxylation is 1. The number of carbonyl (C=O) groups excluding carboxylic acids is 1. The Morgan fingerprint density at radius 2 is 2.11 bits per heavy atom. The third-order valence-electron chi connectivity index (χ3n) is 6.41. The van der Waals surface area contributed by atoms with Crippen molar-refractivity contribution in [2.24, 2.45) is 0 Å². The molecule has 1 aliphatic heterocycles. The Morgan fingerprint density at radius 3 is 2.92 bits per heavy atom. The van der Waals surface area contributed by atoms with Crippen molar-refractivity contribution in [3.63, 3.8) is 0 Å². The van der Waals surface area contributed by atoms with Gasteiger partial charge in [0.05, 0.1) is 11.2 Å². The van der Waals surface area contributed by atoms with Gasteiger partial charge in [-0.2, -0.15) is 0 Å². The SMILES string of the molecule is Cc1ccc(C(=O)N(C)Cc2ccccc2Cl)cc1Oc1ncsc1-c1ccnc(N[C@H]2CCCNC2)n1. The lowest BCUT2D eigenvalue weighted by atomic mass is 10.1. The summed E-state index contributed by atoms with van der Waals surface area (Å²) in [6, 6.07) is 15.1. The normalized spacial score (nSPS) is 15.2. The van der Waals surface area contributed by atoms with Crippen LogP contribution in [0.15, 0.2) is 60.2 Å². The minimum Gasteiger partial charge on any atom is -0.437 e. The lowest BCUT2D eigenvalue weighted by Gasteiger charge is -2.23. The number of halogens is 1. The molecule has 1 atom stereocenters. The highest BCUT2D eigenvalue weighted by molar-refractivity contribution is 7.13. The van der Waals surface area contributed by atoms with E-state index in [-0.39, 0.29) is 5.91 Å². The zero-order valence-electron chi connectivity index (χ0n) is 21.3. The molecule has 0 radical (unpaired) electrons. The number of carbonyl (C=O) groups is 1. The smallest absolute Gasteiger partial charge is 0.254 e. The molecule has 38 heavy (non-hydrogen) atoms. The van der Waals surface area contributed by atoms with Crippen molar-refractivity contribution in [1.29, 1.82) is 0 Å². The summed E-state index contributed by atoms with van der Waals surface area (Å²) >= 11 is 7.73. The number of benzene rings is 2. The number of amides is 1. The number of thiazole rings is 1. The van der Waals surface area contributed by atoms with Gasteiger partial charge in [-0.1, -0.05) is 35.9 Å². The topological polar surface area (TPSA) is 92.3 Å². The van der Waals surface area contributed by atoms with E-state index in [0.717, 1.165) is 47.6 Å². The molecule has 5 rings (SSSR count). The highest BCUT2D eigenvalue weighted by atomic mass is 35.5. The van der Waals surface area contributed by atoms with Crippen molar-refractivity contribution in [3.05, 3.63) is 82.0 Å². The van der Waals surface area contributed by atoms with Gasteiger partial charge in [0.2, 0.25) is 11.8 Å². The van der Waals surface area contributed by atoms with Crippen LogP contribution in [-0.2, 0) is 6.54 Å². The Hall–Kier alpha value is -3.53. The van der Waals surface area contributed by atoms with Gasteiger partial charge in [-0.3, -0.25) is 4.79 Å². The summed E-state index contributed by atoms with van der Waals surface area (Å²) < 4.78 is 6.25. The number of ether oxygens (including phenoxy) is 1. The summed E-state index contributed by atoms with van der Waals surface area (Å²) in [5.41, 5.74) is 4.76. The first-order valence-electron chi connectivity index (χ1n) is 12.5. The number of hydrogen-bond acceptors (Lipinski definition) is 8. The standard InChI is InChI=1S/C28H29ClN6O2S/c1-18-9-10-19(27(36)35(2)16-20-6-3-4-8-22(20)29)14-24(18)37-26-25(38-17-32-26)23-11-13-31-28(34-23)33-21-7-5-12-30-15-21/h3-4,6,8-11,13-14,17,21,30H,5,7,12,15-16H2,1-2H3,(H,31,33,34)/t21-/m0/s1. The lowest BCUT2D eigenvalue weighted by molar-refractivity contribution is 0.0785. The monoisotopic (exact) mass is 548 g/mol.